The van der Waals surface area contributed by atoms with Crippen molar-refractivity contribution in [3.05, 3.63) is 113 Å². The summed E-state index contributed by atoms with van der Waals surface area (Å²) in [5.41, 5.74) is -0.367. The van der Waals surface area contributed by atoms with E-state index in [1.165, 1.54) is 23.0 Å². The van der Waals surface area contributed by atoms with Crippen molar-refractivity contribution in [2.75, 3.05) is 18.5 Å². The normalized spacial score (nSPS) is 20.5. The monoisotopic (exact) mass is 780 g/mol. The molecule has 2 aromatic heterocycles. The summed E-state index contributed by atoms with van der Waals surface area (Å²) in [5, 5.41) is 27.5. The highest BCUT2D eigenvalue weighted by Gasteiger charge is 2.53. The molecule has 0 spiro atoms. The lowest BCUT2D eigenvalue weighted by molar-refractivity contribution is -0.118. The number of ether oxygens (including phenoxy) is 2. The summed E-state index contributed by atoms with van der Waals surface area (Å²) < 4.78 is 21.2. The van der Waals surface area contributed by atoms with Gasteiger partial charge < -0.3 is 24.1 Å². The van der Waals surface area contributed by atoms with Gasteiger partial charge in [0.05, 0.1) is 30.7 Å². The Hall–Kier alpha value is -5.36. The number of imidazole rings is 1. The molecule has 3 aromatic carbocycles. The van der Waals surface area contributed by atoms with Gasteiger partial charge in [0.15, 0.2) is 23.6 Å². The summed E-state index contributed by atoms with van der Waals surface area (Å²) in [6, 6.07) is 26.2. The van der Waals surface area contributed by atoms with Gasteiger partial charge in [-0.3, -0.25) is 34.0 Å². The fraction of sp³-hybridized carbons (Fsp3) is 0.350. The van der Waals surface area contributed by atoms with Gasteiger partial charge in [0.2, 0.25) is 11.9 Å². The Bertz CT molecular complexity index is 2240. The zero-order chi connectivity index (χ0) is 39.9. The van der Waals surface area contributed by atoms with Crippen molar-refractivity contribution in [1.82, 2.24) is 24.4 Å². The molecule has 5 atom stereocenters. The number of aromatic amines is 1. The molecule has 3 amide bonds. The van der Waals surface area contributed by atoms with Gasteiger partial charge in [-0.2, -0.15) is 4.98 Å². The number of aromatic nitrogens is 4. The van der Waals surface area contributed by atoms with E-state index in [0.29, 0.717) is 4.90 Å². The number of nitrogens with zero attached hydrogens (tertiary/aromatic N) is 4. The molecular weight excluding hydrogens is 737 g/mol. The Morgan fingerprint density at radius 1 is 0.946 bits per heavy atom. The van der Waals surface area contributed by atoms with Crippen molar-refractivity contribution < 1.29 is 38.5 Å². The number of H-pyrrole nitrogens is 1. The lowest BCUT2D eigenvalue weighted by Gasteiger charge is -2.43. The van der Waals surface area contributed by atoms with Gasteiger partial charge in [-0.15, -0.1) is 0 Å². The first-order valence-electron chi connectivity index (χ1n) is 18.4. The Morgan fingerprint density at radius 2 is 1.52 bits per heavy atom. The maximum absolute atomic E-state index is 13.2. The third-order valence-electron chi connectivity index (χ3n) is 10.2. The van der Waals surface area contributed by atoms with E-state index in [4.69, 9.17) is 13.9 Å². The predicted octanol–water partition coefficient (Wildman–Crippen LogP) is 2.55. The average Bonchev–Trinajstić information content (AvgIpc) is 3.82. The minimum absolute atomic E-state index is 0.0213. The van der Waals surface area contributed by atoms with Crippen LogP contribution in [0.3, 0.4) is 0 Å². The molecule has 0 aliphatic carbocycles. The molecule has 2 aliphatic heterocycles. The van der Waals surface area contributed by atoms with Crippen LogP contribution in [0.4, 0.5) is 5.95 Å². The van der Waals surface area contributed by atoms with Crippen LogP contribution in [0.5, 0.6) is 0 Å². The lowest BCUT2D eigenvalue weighted by atomic mass is 10.1. The summed E-state index contributed by atoms with van der Waals surface area (Å²) >= 11 is 0. The van der Waals surface area contributed by atoms with E-state index in [1.54, 1.807) is 26.0 Å². The molecule has 16 heteroatoms. The first-order valence-corrected chi connectivity index (χ1v) is 20.3. The molecule has 15 nitrogen and oxygen atoms in total. The van der Waals surface area contributed by atoms with Crippen molar-refractivity contribution in [2.24, 2.45) is 5.92 Å². The van der Waals surface area contributed by atoms with Crippen LogP contribution in [0.2, 0.25) is 5.04 Å². The number of imide groups is 1. The van der Waals surface area contributed by atoms with Gasteiger partial charge in [0.1, 0.15) is 18.3 Å². The third kappa shape index (κ3) is 6.88. The maximum Gasteiger partial charge on any atom is 0.280 e. The molecule has 0 saturated carbocycles. The van der Waals surface area contributed by atoms with E-state index in [9.17, 15) is 29.4 Å². The second-order valence-corrected chi connectivity index (χ2v) is 19.5. The minimum atomic E-state index is -3.11. The number of benzene rings is 3. The number of anilines is 1. The SMILES string of the molecule is CC(C)C(=O)Nc1nc2c(ncn2[C@@H]2O[C@H](CO[Si](c3ccccc3)(c3ccccc3)C(C)(C)C)C(O)C2OCC(O)N2C(=O)c3ccccc3C2=O)c(=O)[nH]1. The van der Waals surface area contributed by atoms with Crippen LogP contribution in [-0.4, -0.2) is 98.4 Å². The van der Waals surface area contributed by atoms with Crippen LogP contribution in [0.1, 0.15) is 61.6 Å². The maximum atomic E-state index is 13.2. The van der Waals surface area contributed by atoms with Gasteiger partial charge in [-0.1, -0.05) is 107 Å². The minimum Gasteiger partial charge on any atom is -0.405 e. The number of carbonyl (C=O) groups is 3. The first kappa shape index (κ1) is 38.9. The van der Waals surface area contributed by atoms with Crippen molar-refractivity contribution in [3.63, 3.8) is 0 Å². The molecule has 4 heterocycles. The zero-order valence-corrected chi connectivity index (χ0v) is 32.6. The highest BCUT2D eigenvalue weighted by molar-refractivity contribution is 6.99. The smallest absolute Gasteiger partial charge is 0.280 e. The number of fused-ring (bicyclic) bond motifs is 2. The number of amides is 3. The van der Waals surface area contributed by atoms with E-state index in [1.807, 2.05) is 60.7 Å². The molecule has 2 aliphatic rings. The lowest BCUT2D eigenvalue weighted by Crippen LogP contribution is -2.67. The van der Waals surface area contributed by atoms with Gasteiger partial charge >= 0.3 is 0 Å². The van der Waals surface area contributed by atoms with Crippen molar-refractivity contribution in [1.29, 1.82) is 0 Å². The molecular formula is C40H44N6O9Si. The molecule has 1 fully saturated rings. The van der Waals surface area contributed by atoms with Crippen LogP contribution in [0, 0.1) is 5.92 Å². The number of hydrogen-bond donors (Lipinski definition) is 4. The molecule has 3 unspecified atom stereocenters. The molecule has 56 heavy (non-hydrogen) atoms. The quantitative estimate of drug-likeness (QED) is 0.107. The second-order valence-electron chi connectivity index (χ2n) is 15.2. The Kier molecular flexibility index (Phi) is 10.6. The first-order chi connectivity index (χ1) is 26.7. The van der Waals surface area contributed by atoms with Gasteiger partial charge in [0, 0.05) is 5.92 Å². The fourth-order valence-corrected chi connectivity index (χ4v) is 12.0. The van der Waals surface area contributed by atoms with Crippen LogP contribution in [0.25, 0.3) is 11.2 Å². The fourth-order valence-electron chi connectivity index (χ4n) is 7.41. The van der Waals surface area contributed by atoms with Crippen LogP contribution in [0.15, 0.2) is 96.1 Å². The number of hydrogen-bond acceptors (Lipinski definition) is 11. The topological polar surface area (TPSA) is 198 Å². The van der Waals surface area contributed by atoms with E-state index < -0.39 is 74.0 Å². The standard InChI is InChI=1S/C40H44N6O9Si/c1-23(2)34(49)43-39-42-33-30(35(50)44-39)41-22-45(33)38-32(53-21-29(47)46-36(51)26-18-12-13-19-27(26)37(46)52)31(48)28(55-38)20-54-56(40(3,4)5,24-14-8-6-9-15-24)25-16-10-7-11-17-25/h6-19,22-23,28-29,31-32,38,47-48H,20-21H2,1-5H3,(H2,42,43,44,49,50)/t28-,29?,31?,32?,38-/m1/s1. The Balaban J connectivity index is 1.23. The summed E-state index contributed by atoms with van der Waals surface area (Å²) in [6.07, 6.45) is -5.31. The summed E-state index contributed by atoms with van der Waals surface area (Å²) in [4.78, 5) is 63.9. The predicted molar refractivity (Wildman–Crippen MR) is 208 cm³/mol. The Labute approximate surface area is 323 Å². The van der Waals surface area contributed by atoms with Gasteiger partial charge in [-0.25, -0.2) is 9.88 Å². The van der Waals surface area contributed by atoms with E-state index in [2.05, 4.69) is 41.0 Å². The molecule has 292 valence electrons. The van der Waals surface area contributed by atoms with Crippen molar-refractivity contribution >= 4 is 53.5 Å². The summed E-state index contributed by atoms with van der Waals surface area (Å²) in [7, 11) is -3.11. The van der Waals surface area contributed by atoms with Crippen molar-refractivity contribution in [2.45, 2.75) is 70.4 Å². The number of aliphatic hydroxyl groups is 2. The number of carbonyl (C=O) groups excluding carboxylic acids is 3. The summed E-state index contributed by atoms with van der Waals surface area (Å²) in [5.74, 6) is -2.27. The largest absolute Gasteiger partial charge is 0.405 e. The summed E-state index contributed by atoms with van der Waals surface area (Å²) in [6.45, 7) is 9.06. The van der Waals surface area contributed by atoms with Crippen LogP contribution in [-0.2, 0) is 18.7 Å². The Morgan fingerprint density at radius 3 is 2.07 bits per heavy atom. The number of rotatable bonds is 12. The highest BCUT2D eigenvalue weighted by Crippen LogP contribution is 2.39. The van der Waals surface area contributed by atoms with E-state index in [0.717, 1.165) is 10.4 Å². The third-order valence-corrected chi connectivity index (χ3v) is 15.2. The average molecular weight is 781 g/mol. The van der Waals surface area contributed by atoms with Crippen LogP contribution < -0.4 is 21.2 Å². The van der Waals surface area contributed by atoms with Crippen LogP contribution >= 0.6 is 0 Å². The van der Waals surface area contributed by atoms with E-state index in [-0.39, 0.29) is 40.8 Å². The van der Waals surface area contributed by atoms with E-state index >= 15 is 0 Å². The molecule has 0 bridgehead atoms. The number of aliphatic hydroxyl groups excluding tert-OH is 2. The zero-order valence-electron chi connectivity index (χ0n) is 31.6. The van der Waals surface area contributed by atoms with Gasteiger partial charge in [0.25, 0.3) is 25.7 Å². The molecule has 1 saturated heterocycles. The molecule has 5 aromatic rings. The molecule has 7 rings (SSSR count). The number of nitrogens with one attached hydrogen (secondary N) is 2. The molecule has 0 radical (unpaired) electrons. The van der Waals surface area contributed by atoms with Gasteiger partial charge in [-0.05, 0) is 27.5 Å². The highest BCUT2D eigenvalue weighted by atomic mass is 28.4. The molecule has 4 N–H and O–H groups in total. The second kappa shape index (κ2) is 15.3. The van der Waals surface area contributed by atoms with Crippen molar-refractivity contribution in [3.8, 4) is 0 Å².